The number of nitrogens with zero attached hydrogens (tertiary/aromatic N) is 2. The minimum Gasteiger partial charge on any atom is -0.497 e. The molecule has 0 radical (unpaired) electrons. The van der Waals surface area contributed by atoms with Crippen LogP contribution in [0.25, 0.3) is 0 Å². The number of amides is 1. The molecule has 1 fully saturated rings. The lowest BCUT2D eigenvalue weighted by Crippen LogP contribution is -2.50. The van der Waals surface area contributed by atoms with Gasteiger partial charge in [-0.25, -0.2) is 4.79 Å². The number of piperidine rings is 1. The van der Waals surface area contributed by atoms with Crippen LogP contribution >= 0.6 is 24.0 Å². The number of guanidine groups is 1. The molecule has 1 saturated heterocycles. The number of hydrogen-bond donors (Lipinski definition) is 2. The zero-order chi connectivity index (χ0) is 20.6. The zero-order valence-corrected chi connectivity index (χ0v) is 20.5. The number of hydrogen-bond acceptors (Lipinski definition) is 4. The summed E-state index contributed by atoms with van der Waals surface area (Å²) in [5.74, 6) is 1.67. The first-order valence-corrected chi connectivity index (χ1v) is 9.92. The largest absolute Gasteiger partial charge is 0.497 e. The molecule has 1 aliphatic rings. The minimum atomic E-state index is -0.251. The van der Waals surface area contributed by atoms with Gasteiger partial charge in [-0.1, -0.05) is 26.0 Å². The quantitative estimate of drug-likeness (QED) is 0.343. The van der Waals surface area contributed by atoms with Crippen molar-refractivity contribution in [2.24, 2.45) is 4.99 Å². The predicted octanol–water partition coefficient (Wildman–Crippen LogP) is 3.38. The van der Waals surface area contributed by atoms with Crippen LogP contribution in [0, 0.1) is 0 Å². The van der Waals surface area contributed by atoms with E-state index in [2.05, 4.69) is 43.5 Å². The van der Waals surface area contributed by atoms with Crippen molar-refractivity contribution in [1.29, 1.82) is 0 Å². The van der Waals surface area contributed by atoms with Crippen LogP contribution in [0.2, 0.25) is 0 Å². The first kappa shape index (κ1) is 25.3. The minimum absolute atomic E-state index is 0. The summed E-state index contributed by atoms with van der Waals surface area (Å²) in [4.78, 5) is 18.2. The molecule has 164 valence electrons. The highest BCUT2D eigenvalue weighted by molar-refractivity contribution is 14.0. The Labute approximate surface area is 191 Å². The fraction of sp³-hybridized carbons (Fsp3) is 0.619. The van der Waals surface area contributed by atoms with Gasteiger partial charge in [0, 0.05) is 31.1 Å². The number of ether oxygens (including phenoxy) is 2. The SMILES string of the molecule is CCNC(=NCC(C)(C)c1cccc(OC)c1)NC1CCN(C(=O)OC)CC1.I. The Bertz CT molecular complexity index is 674. The lowest BCUT2D eigenvalue weighted by atomic mass is 9.84. The number of halogens is 1. The maximum atomic E-state index is 11.6. The number of carbonyl (C=O) groups excluding carboxylic acids is 1. The maximum absolute atomic E-state index is 11.6. The standard InChI is InChI=1S/C21H34N4O3.HI/c1-6-22-19(24-17-10-12-25(13-11-17)20(26)28-5)23-15-21(2,3)16-8-7-9-18(14-16)27-4;/h7-9,14,17H,6,10-13,15H2,1-5H3,(H2,22,23,24);1H. The topological polar surface area (TPSA) is 75.2 Å². The monoisotopic (exact) mass is 518 g/mol. The van der Waals surface area contributed by atoms with Gasteiger partial charge in [0.1, 0.15) is 5.75 Å². The number of methoxy groups -OCH3 is 2. The third-order valence-electron chi connectivity index (χ3n) is 5.10. The van der Waals surface area contributed by atoms with Crippen LogP contribution in [0.3, 0.4) is 0 Å². The normalized spacial score (nSPS) is 15.3. The van der Waals surface area contributed by atoms with E-state index in [1.54, 1.807) is 12.0 Å². The summed E-state index contributed by atoms with van der Waals surface area (Å²) in [5.41, 5.74) is 1.07. The highest BCUT2D eigenvalue weighted by Crippen LogP contribution is 2.26. The molecule has 1 aromatic carbocycles. The second-order valence-corrected chi connectivity index (χ2v) is 7.69. The molecule has 7 nitrogen and oxygen atoms in total. The molecule has 0 unspecified atom stereocenters. The van der Waals surface area contributed by atoms with E-state index in [-0.39, 0.29) is 35.5 Å². The van der Waals surface area contributed by atoms with E-state index in [1.807, 2.05) is 12.1 Å². The molecule has 0 aromatic heterocycles. The van der Waals surface area contributed by atoms with Gasteiger partial charge < -0.3 is 25.0 Å². The smallest absolute Gasteiger partial charge is 0.409 e. The fourth-order valence-corrected chi connectivity index (χ4v) is 3.26. The third kappa shape index (κ3) is 7.56. The molecular weight excluding hydrogens is 483 g/mol. The van der Waals surface area contributed by atoms with Crippen LogP contribution in [0.5, 0.6) is 5.75 Å². The molecule has 0 saturated carbocycles. The number of nitrogens with one attached hydrogen (secondary N) is 2. The average Bonchev–Trinajstić information content (AvgIpc) is 2.72. The van der Waals surface area contributed by atoms with Crippen molar-refractivity contribution < 1.29 is 14.3 Å². The Kier molecular flexibility index (Phi) is 10.6. The second kappa shape index (κ2) is 12.1. The molecule has 1 heterocycles. The molecule has 8 heteroatoms. The van der Waals surface area contributed by atoms with Crippen LogP contribution in [-0.2, 0) is 10.2 Å². The Hall–Kier alpha value is -1.71. The highest BCUT2D eigenvalue weighted by atomic mass is 127. The van der Waals surface area contributed by atoms with Gasteiger partial charge in [-0.2, -0.15) is 0 Å². The molecule has 0 bridgehead atoms. The van der Waals surface area contributed by atoms with Gasteiger partial charge in [-0.3, -0.25) is 4.99 Å². The van der Waals surface area contributed by atoms with Crippen LogP contribution in [-0.4, -0.2) is 63.4 Å². The highest BCUT2D eigenvalue weighted by Gasteiger charge is 2.25. The van der Waals surface area contributed by atoms with E-state index in [9.17, 15) is 4.79 Å². The number of carbonyl (C=O) groups is 1. The number of benzene rings is 1. The van der Waals surface area contributed by atoms with Crippen molar-refractivity contribution in [3.63, 3.8) is 0 Å². The summed E-state index contributed by atoms with van der Waals surface area (Å²) < 4.78 is 10.2. The molecule has 0 aliphatic carbocycles. The van der Waals surface area contributed by atoms with Gasteiger partial charge in [0.2, 0.25) is 0 Å². The molecule has 1 amide bonds. The average molecular weight is 518 g/mol. The van der Waals surface area contributed by atoms with Crippen molar-refractivity contribution in [3.05, 3.63) is 29.8 Å². The molecule has 1 aliphatic heterocycles. The third-order valence-corrected chi connectivity index (χ3v) is 5.10. The first-order valence-electron chi connectivity index (χ1n) is 9.92. The first-order chi connectivity index (χ1) is 13.4. The van der Waals surface area contributed by atoms with E-state index >= 15 is 0 Å². The van der Waals surface area contributed by atoms with Gasteiger partial charge in [-0.05, 0) is 37.5 Å². The number of aliphatic imine (C=N–C) groups is 1. The predicted molar refractivity (Wildman–Crippen MR) is 128 cm³/mol. The molecule has 0 atom stereocenters. The molecule has 2 N–H and O–H groups in total. The van der Waals surface area contributed by atoms with E-state index in [4.69, 9.17) is 14.5 Å². The number of likely N-dealkylation sites (tertiary alicyclic amines) is 1. The zero-order valence-electron chi connectivity index (χ0n) is 18.2. The second-order valence-electron chi connectivity index (χ2n) is 7.69. The summed E-state index contributed by atoms with van der Waals surface area (Å²) in [7, 11) is 3.11. The molecular formula is C21H35IN4O3. The van der Waals surface area contributed by atoms with Crippen LogP contribution < -0.4 is 15.4 Å². The Balaban J connectivity index is 0.00000420. The van der Waals surface area contributed by atoms with E-state index in [0.29, 0.717) is 25.7 Å². The van der Waals surface area contributed by atoms with Crippen molar-refractivity contribution in [2.45, 2.75) is 45.1 Å². The van der Waals surface area contributed by atoms with Gasteiger partial charge in [-0.15, -0.1) is 24.0 Å². The van der Waals surface area contributed by atoms with E-state index in [1.165, 1.54) is 12.7 Å². The fourth-order valence-electron chi connectivity index (χ4n) is 3.26. The lowest BCUT2D eigenvalue weighted by molar-refractivity contribution is 0.111. The Morgan fingerprint density at radius 2 is 1.97 bits per heavy atom. The molecule has 29 heavy (non-hydrogen) atoms. The van der Waals surface area contributed by atoms with Crippen LogP contribution in [0.4, 0.5) is 4.79 Å². The van der Waals surface area contributed by atoms with Crippen molar-refractivity contribution >= 4 is 36.0 Å². The lowest BCUT2D eigenvalue weighted by Gasteiger charge is -2.32. The summed E-state index contributed by atoms with van der Waals surface area (Å²) >= 11 is 0. The molecule has 2 rings (SSSR count). The van der Waals surface area contributed by atoms with Gasteiger partial charge in [0.05, 0.1) is 20.8 Å². The maximum Gasteiger partial charge on any atom is 0.409 e. The van der Waals surface area contributed by atoms with Crippen molar-refractivity contribution in [2.75, 3.05) is 40.4 Å². The van der Waals surface area contributed by atoms with E-state index in [0.717, 1.165) is 31.1 Å². The Morgan fingerprint density at radius 1 is 1.28 bits per heavy atom. The van der Waals surface area contributed by atoms with Crippen molar-refractivity contribution in [1.82, 2.24) is 15.5 Å². The van der Waals surface area contributed by atoms with E-state index < -0.39 is 0 Å². The molecule has 0 spiro atoms. The van der Waals surface area contributed by atoms with Gasteiger partial charge in [0.25, 0.3) is 0 Å². The Morgan fingerprint density at radius 3 is 2.55 bits per heavy atom. The summed E-state index contributed by atoms with van der Waals surface area (Å²) in [5, 5.41) is 6.85. The molecule has 1 aromatic rings. The van der Waals surface area contributed by atoms with Gasteiger partial charge >= 0.3 is 6.09 Å². The summed E-state index contributed by atoms with van der Waals surface area (Å²) in [6.07, 6.45) is 1.50. The van der Waals surface area contributed by atoms with Crippen molar-refractivity contribution in [3.8, 4) is 5.75 Å². The summed E-state index contributed by atoms with van der Waals surface area (Å²) in [6, 6.07) is 8.44. The van der Waals surface area contributed by atoms with Crippen LogP contribution in [0.1, 0.15) is 39.2 Å². The number of rotatable bonds is 6. The summed E-state index contributed by atoms with van der Waals surface area (Å²) in [6.45, 7) is 9.26. The van der Waals surface area contributed by atoms with Gasteiger partial charge in [0.15, 0.2) is 5.96 Å². The van der Waals surface area contributed by atoms with Crippen LogP contribution in [0.15, 0.2) is 29.3 Å².